The van der Waals surface area contributed by atoms with E-state index in [1.807, 2.05) is 0 Å². The number of benzene rings is 2. The number of carbonyl (C=O) groups excluding carboxylic acids is 1. The molecule has 0 radical (unpaired) electrons. The first-order valence-corrected chi connectivity index (χ1v) is 9.94. The largest absolute Gasteiger partial charge is 0.495 e. The zero-order valence-corrected chi connectivity index (χ0v) is 16.3. The molecule has 2 N–H and O–H groups in total. The van der Waals surface area contributed by atoms with Gasteiger partial charge in [-0.05, 0) is 56.2 Å². The van der Waals surface area contributed by atoms with Crippen LogP contribution in [-0.4, -0.2) is 34.0 Å². The fourth-order valence-electron chi connectivity index (χ4n) is 2.48. The normalized spacial score (nSPS) is 11.4. The maximum absolute atomic E-state index is 12.9. The minimum Gasteiger partial charge on any atom is -0.495 e. The fourth-order valence-corrected chi connectivity index (χ4v) is 3.92. The molecule has 0 aliphatic heterocycles. The molecule has 0 saturated heterocycles. The van der Waals surface area contributed by atoms with Crippen molar-refractivity contribution in [2.45, 2.75) is 31.2 Å². The van der Waals surface area contributed by atoms with E-state index in [2.05, 4.69) is 10.0 Å². The molecule has 0 aromatic heterocycles. The summed E-state index contributed by atoms with van der Waals surface area (Å²) in [5, 5.41) is 2.73. The second-order valence-corrected chi connectivity index (χ2v) is 7.96. The Hall–Kier alpha value is -2.45. The van der Waals surface area contributed by atoms with Gasteiger partial charge in [-0.15, -0.1) is 0 Å². The van der Waals surface area contributed by atoms with Crippen LogP contribution in [0.15, 0.2) is 47.4 Å². The van der Waals surface area contributed by atoms with E-state index >= 15 is 0 Å². The Kier molecular flexibility index (Phi) is 6.92. The molecule has 0 aliphatic carbocycles. The molecule has 8 heteroatoms. The predicted molar refractivity (Wildman–Crippen MR) is 101 cm³/mol. The highest BCUT2D eigenvalue weighted by Gasteiger charge is 2.22. The maximum Gasteiger partial charge on any atom is 0.251 e. The van der Waals surface area contributed by atoms with Crippen molar-refractivity contribution in [1.82, 2.24) is 10.0 Å². The maximum atomic E-state index is 12.9. The highest BCUT2D eigenvalue weighted by atomic mass is 32.2. The number of hydrogen-bond acceptors (Lipinski definition) is 4. The van der Waals surface area contributed by atoms with Crippen LogP contribution in [0.2, 0.25) is 0 Å². The van der Waals surface area contributed by atoms with Crippen LogP contribution in [0.25, 0.3) is 0 Å². The van der Waals surface area contributed by atoms with Gasteiger partial charge in [0.25, 0.3) is 5.91 Å². The summed E-state index contributed by atoms with van der Waals surface area (Å²) < 4.78 is 45.4. The molecule has 0 saturated carbocycles. The Morgan fingerprint density at radius 2 is 1.81 bits per heavy atom. The average Bonchev–Trinajstić information content (AvgIpc) is 2.61. The third-order valence-corrected chi connectivity index (χ3v) is 5.40. The lowest BCUT2D eigenvalue weighted by Crippen LogP contribution is -2.31. The van der Waals surface area contributed by atoms with E-state index in [1.54, 1.807) is 26.0 Å². The molecule has 2 aromatic carbocycles. The van der Waals surface area contributed by atoms with Gasteiger partial charge >= 0.3 is 0 Å². The van der Waals surface area contributed by atoms with Gasteiger partial charge in [0.2, 0.25) is 10.0 Å². The molecular weight excluding hydrogens is 371 g/mol. The van der Waals surface area contributed by atoms with Crippen LogP contribution < -0.4 is 14.8 Å². The first-order chi connectivity index (χ1) is 12.7. The van der Waals surface area contributed by atoms with Gasteiger partial charge < -0.3 is 10.1 Å². The Morgan fingerprint density at radius 3 is 2.41 bits per heavy atom. The van der Waals surface area contributed by atoms with Crippen molar-refractivity contribution in [3.63, 3.8) is 0 Å². The summed E-state index contributed by atoms with van der Waals surface area (Å²) >= 11 is 0. The summed E-state index contributed by atoms with van der Waals surface area (Å²) in [4.78, 5) is 12.3. The second kappa shape index (κ2) is 8.96. The molecule has 2 aromatic rings. The van der Waals surface area contributed by atoms with Crippen molar-refractivity contribution in [3.8, 4) is 5.75 Å². The monoisotopic (exact) mass is 394 g/mol. The van der Waals surface area contributed by atoms with Gasteiger partial charge in [0.15, 0.2) is 0 Å². The molecule has 2 rings (SSSR count). The first kappa shape index (κ1) is 20.9. The molecule has 0 spiro atoms. The summed E-state index contributed by atoms with van der Waals surface area (Å²) in [5.74, 6) is -0.559. The first-order valence-electron chi connectivity index (χ1n) is 8.46. The van der Waals surface area contributed by atoms with Crippen molar-refractivity contribution < 1.29 is 22.3 Å². The van der Waals surface area contributed by atoms with Crippen molar-refractivity contribution in [2.24, 2.45) is 0 Å². The molecule has 0 bridgehead atoms. The Balaban J connectivity index is 2.12. The van der Waals surface area contributed by atoms with Gasteiger partial charge in [-0.25, -0.2) is 17.5 Å². The summed E-state index contributed by atoms with van der Waals surface area (Å²) in [7, 11) is -2.45. The van der Waals surface area contributed by atoms with Gasteiger partial charge in [0.05, 0.1) is 7.11 Å². The number of sulfonamides is 1. The third-order valence-electron chi connectivity index (χ3n) is 3.72. The molecule has 27 heavy (non-hydrogen) atoms. The van der Waals surface area contributed by atoms with Crippen LogP contribution >= 0.6 is 0 Å². The number of hydrogen-bond donors (Lipinski definition) is 2. The van der Waals surface area contributed by atoms with Gasteiger partial charge in [-0.1, -0.05) is 12.1 Å². The minimum atomic E-state index is -3.82. The zero-order valence-electron chi connectivity index (χ0n) is 15.5. The van der Waals surface area contributed by atoms with E-state index in [-0.39, 0.29) is 28.1 Å². The smallest absolute Gasteiger partial charge is 0.251 e. The quantitative estimate of drug-likeness (QED) is 0.721. The highest BCUT2D eigenvalue weighted by Crippen LogP contribution is 2.25. The SMILES string of the molecule is COc1ccc(C(=O)NCCc2ccc(F)cc2)cc1S(=O)(=O)NC(C)C. The lowest BCUT2D eigenvalue weighted by atomic mass is 10.1. The van der Waals surface area contributed by atoms with E-state index < -0.39 is 15.9 Å². The van der Waals surface area contributed by atoms with Gasteiger partial charge in [-0.3, -0.25) is 4.79 Å². The molecular formula is C19H23FN2O4S. The molecule has 6 nitrogen and oxygen atoms in total. The van der Waals surface area contributed by atoms with Crippen LogP contribution in [-0.2, 0) is 16.4 Å². The molecule has 0 atom stereocenters. The van der Waals surface area contributed by atoms with Crippen LogP contribution in [0.4, 0.5) is 4.39 Å². The molecule has 146 valence electrons. The summed E-state index contributed by atoms with van der Waals surface area (Å²) in [5.41, 5.74) is 1.09. The summed E-state index contributed by atoms with van der Waals surface area (Å²) in [6.45, 7) is 3.74. The number of methoxy groups -OCH3 is 1. The third kappa shape index (κ3) is 5.77. The summed E-state index contributed by atoms with van der Waals surface area (Å²) in [6.07, 6.45) is 0.530. The summed E-state index contributed by atoms with van der Waals surface area (Å²) in [6, 6.07) is 9.96. The lowest BCUT2D eigenvalue weighted by molar-refractivity contribution is 0.0954. The van der Waals surface area contributed by atoms with Crippen molar-refractivity contribution >= 4 is 15.9 Å². The number of carbonyl (C=O) groups is 1. The Labute approximate surface area is 158 Å². The number of nitrogens with one attached hydrogen (secondary N) is 2. The average molecular weight is 394 g/mol. The standard InChI is InChI=1S/C19H23FN2O4S/c1-13(2)22-27(24,25)18-12-15(6-9-17(18)26-3)19(23)21-11-10-14-4-7-16(20)8-5-14/h4-9,12-13,22H,10-11H2,1-3H3,(H,21,23). The molecule has 0 heterocycles. The minimum absolute atomic E-state index is 0.0927. The number of halogens is 1. The fraction of sp³-hybridized carbons (Fsp3) is 0.316. The van der Waals surface area contributed by atoms with E-state index in [9.17, 15) is 17.6 Å². The van der Waals surface area contributed by atoms with E-state index in [0.29, 0.717) is 13.0 Å². The molecule has 0 fully saturated rings. The predicted octanol–water partition coefficient (Wildman–Crippen LogP) is 2.49. The van der Waals surface area contributed by atoms with Crippen LogP contribution in [0.1, 0.15) is 29.8 Å². The van der Waals surface area contributed by atoms with Crippen molar-refractivity contribution in [3.05, 3.63) is 59.4 Å². The number of ether oxygens (including phenoxy) is 1. The molecule has 1 amide bonds. The van der Waals surface area contributed by atoms with E-state index in [4.69, 9.17) is 4.74 Å². The van der Waals surface area contributed by atoms with E-state index in [0.717, 1.165) is 5.56 Å². The second-order valence-electron chi connectivity index (χ2n) is 6.27. The van der Waals surface area contributed by atoms with Crippen LogP contribution in [0.3, 0.4) is 0 Å². The molecule has 0 aliphatic rings. The van der Waals surface area contributed by atoms with Gasteiger partial charge in [0.1, 0.15) is 16.5 Å². The molecule has 0 unspecified atom stereocenters. The van der Waals surface area contributed by atoms with Crippen LogP contribution in [0, 0.1) is 5.82 Å². The van der Waals surface area contributed by atoms with E-state index in [1.165, 1.54) is 37.4 Å². The lowest BCUT2D eigenvalue weighted by Gasteiger charge is -2.14. The highest BCUT2D eigenvalue weighted by molar-refractivity contribution is 7.89. The van der Waals surface area contributed by atoms with Crippen molar-refractivity contribution in [1.29, 1.82) is 0 Å². The van der Waals surface area contributed by atoms with Crippen LogP contribution in [0.5, 0.6) is 5.75 Å². The Bertz CT molecular complexity index is 896. The van der Waals surface area contributed by atoms with Gasteiger partial charge in [-0.2, -0.15) is 0 Å². The topological polar surface area (TPSA) is 84.5 Å². The number of rotatable bonds is 8. The number of amides is 1. The Morgan fingerprint density at radius 1 is 1.15 bits per heavy atom. The van der Waals surface area contributed by atoms with Crippen molar-refractivity contribution in [2.75, 3.05) is 13.7 Å². The zero-order chi connectivity index (χ0) is 20.0. The van der Waals surface area contributed by atoms with Gasteiger partial charge in [0, 0.05) is 18.2 Å².